The summed E-state index contributed by atoms with van der Waals surface area (Å²) in [6, 6.07) is 2.54. The van der Waals surface area contributed by atoms with E-state index in [-0.39, 0.29) is 6.04 Å². The number of hydrogen-bond acceptors (Lipinski definition) is 5. The lowest BCUT2D eigenvalue weighted by Gasteiger charge is -2.29. The Balaban J connectivity index is 1.59. The third-order valence-electron chi connectivity index (χ3n) is 5.30. The van der Waals surface area contributed by atoms with E-state index in [1.54, 1.807) is 6.92 Å². The van der Waals surface area contributed by atoms with Crippen molar-refractivity contribution in [1.29, 1.82) is 0 Å². The van der Waals surface area contributed by atoms with Crippen LogP contribution >= 0.6 is 0 Å². The van der Waals surface area contributed by atoms with E-state index in [0.717, 1.165) is 42.6 Å². The summed E-state index contributed by atoms with van der Waals surface area (Å²) < 4.78 is 44.3. The number of hydrogen-bond donors (Lipinski definition) is 1. The van der Waals surface area contributed by atoms with Gasteiger partial charge >= 0.3 is 6.18 Å². The molecule has 2 aromatic heterocycles. The zero-order chi connectivity index (χ0) is 19.9. The molecule has 0 aromatic carbocycles. The monoisotopic (exact) mass is 392 g/mol. The molecule has 150 valence electrons. The number of alkyl halides is 3. The molecule has 2 aromatic rings. The van der Waals surface area contributed by atoms with Gasteiger partial charge in [0.1, 0.15) is 17.6 Å². The standard InChI is InChI=1S/C20H23F3N4O/c1-11(14-5-6-17(25-10-14)20(21,22)23)28-19-18-15(26-12(2)27-19)7-8-24-16(18)9-13-3-4-13/h5-6,10-11,13,16,24H,3-4,7-9H2,1-2H3. The second kappa shape index (κ2) is 7.31. The molecule has 2 unspecified atom stereocenters. The average Bonchev–Trinajstić information content (AvgIpc) is 3.45. The van der Waals surface area contributed by atoms with Crippen molar-refractivity contribution in [2.45, 2.75) is 57.9 Å². The normalized spacial score (nSPS) is 20.5. The van der Waals surface area contributed by atoms with E-state index < -0.39 is 18.0 Å². The number of rotatable bonds is 5. The van der Waals surface area contributed by atoms with Gasteiger partial charge in [0.2, 0.25) is 5.88 Å². The van der Waals surface area contributed by atoms with Crippen molar-refractivity contribution in [2.75, 3.05) is 6.54 Å². The van der Waals surface area contributed by atoms with Crippen molar-refractivity contribution < 1.29 is 17.9 Å². The van der Waals surface area contributed by atoms with E-state index in [1.165, 1.54) is 25.1 Å². The van der Waals surface area contributed by atoms with Crippen LogP contribution in [0.15, 0.2) is 18.3 Å². The summed E-state index contributed by atoms with van der Waals surface area (Å²) in [5, 5.41) is 3.55. The van der Waals surface area contributed by atoms with Crippen LogP contribution in [0.2, 0.25) is 0 Å². The van der Waals surface area contributed by atoms with E-state index in [0.29, 0.717) is 17.3 Å². The molecule has 1 aliphatic heterocycles. The summed E-state index contributed by atoms with van der Waals surface area (Å²) in [5.74, 6) is 1.89. The highest BCUT2D eigenvalue weighted by Gasteiger charge is 2.34. The van der Waals surface area contributed by atoms with Gasteiger partial charge in [-0.05, 0) is 32.3 Å². The number of halogens is 3. The lowest BCUT2D eigenvalue weighted by atomic mass is 9.95. The molecule has 5 nitrogen and oxygen atoms in total. The minimum atomic E-state index is -4.45. The second-order valence-corrected chi connectivity index (χ2v) is 7.61. The molecule has 0 saturated heterocycles. The van der Waals surface area contributed by atoms with Crippen molar-refractivity contribution in [1.82, 2.24) is 20.3 Å². The maximum Gasteiger partial charge on any atom is 0.433 e. The Bertz CT molecular complexity index is 850. The molecule has 1 N–H and O–H groups in total. The van der Waals surface area contributed by atoms with Gasteiger partial charge in [-0.15, -0.1) is 0 Å². The first-order valence-corrected chi connectivity index (χ1v) is 9.62. The Hall–Kier alpha value is -2.22. The van der Waals surface area contributed by atoms with Crippen molar-refractivity contribution in [3.8, 4) is 5.88 Å². The van der Waals surface area contributed by atoms with Crippen LogP contribution in [0.4, 0.5) is 13.2 Å². The van der Waals surface area contributed by atoms with Gasteiger partial charge in [-0.1, -0.05) is 18.9 Å². The molecule has 1 saturated carbocycles. The Morgan fingerprint density at radius 1 is 1.25 bits per heavy atom. The molecule has 0 spiro atoms. The summed E-state index contributed by atoms with van der Waals surface area (Å²) >= 11 is 0. The number of ether oxygens (including phenoxy) is 1. The summed E-state index contributed by atoms with van der Waals surface area (Å²) in [5.41, 5.74) is 1.66. The first kappa shape index (κ1) is 19.1. The van der Waals surface area contributed by atoms with Crippen LogP contribution in [0.5, 0.6) is 5.88 Å². The van der Waals surface area contributed by atoms with Gasteiger partial charge in [-0.2, -0.15) is 18.2 Å². The lowest BCUT2D eigenvalue weighted by Crippen LogP contribution is -2.32. The Morgan fingerprint density at radius 3 is 2.68 bits per heavy atom. The van der Waals surface area contributed by atoms with Crippen molar-refractivity contribution in [3.63, 3.8) is 0 Å². The predicted molar refractivity (Wildman–Crippen MR) is 96.8 cm³/mol. The third-order valence-corrected chi connectivity index (χ3v) is 5.30. The first-order chi connectivity index (χ1) is 13.3. The number of aryl methyl sites for hydroxylation is 1. The van der Waals surface area contributed by atoms with Gasteiger partial charge in [0.05, 0.1) is 11.3 Å². The van der Waals surface area contributed by atoms with E-state index in [2.05, 4.69) is 20.3 Å². The summed E-state index contributed by atoms with van der Waals surface area (Å²) in [6.45, 7) is 4.49. The van der Waals surface area contributed by atoms with Crippen LogP contribution in [0.1, 0.15) is 66.7 Å². The Labute approximate surface area is 161 Å². The molecule has 2 atom stereocenters. The number of nitrogens with one attached hydrogen (secondary N) is 1. The van der Waals surface area contributed by atoms with Crippen LogP contribution < -0.4 is 10.1 Å². The maximum atomic E-state index is 12.7. The minimum Gasteiger partial charge on any atom is -0.469 e. The van der Waals surface area contributed by atoms with E-state index in [1.807, 2.05) is 6.92 Å². The Morgan fingerprint density at radius 2 is 2.04 bits per heavy atom. The molecular weight excluding hydrogens is 369 g/mol. The van der Waals surface area contributed by atoms with Crippen LogP contribution in [0, 0.1) is 12.8 Å². The van der Waals surface area contributed by atoms with Crippen LogP contribution in [-0.2, 0) is 12.6 Å². The smallest absolute Gasteiger partial charge is 0.433 e. The van der Waals surface area contributed by atoms with Crippen LogP contribution in [0.3, 0.4) is 0 Å². The predicted octanol–water partition coefficient (Wildman–Crippen LogP) is 4.33. The molecule has 0 amide bonds. The molecule has 3 heterocycles. The molecular formula is C20H23F3N4O. The number of fused-ring (bicyclic) bond motifs is 1. The fraction of sp³-hybridized carbons (Fsp3) is 0.550. The number of pyridine rings is 1. The molecule has 4 rings (SSSR count). The highest BCUT2D eigenvalue weighted by Crippen LogP contribution is 2.42. The third kappa shape index (κ3) is 4.11. The van der Waals surface area contributed by atoms with E-state index in [9.17, 15) is 13.2 Å². The van der Waals surface area contributed by atoms with E-state index >= 15 is 0 Å². The summed E-state index contributed by atoms with van der Waals surface area (Å²) in [7, 11) is 0. The first-order valence-electron chi connectivity index (χ1n) is 9.62. The van der Waals surface area contributed by atoms with E-state index in [4.69, 9.17) is 4.74 Å². The largest absolute Gasteiger partial charge is 0.469 e. The fourth-order valence-corrected chi connectivity index (χ4v) is 3.65. The molecule has 1 fully saturated rings. The van der Waals surface area contributed by atoms with Crippen LogP contribution in [0.25, 0.3) is 0 Å². The SMILES string of the molecule is Cc1nc2c(c(OC(C)c3ccc(C(F)(F)F)nc3)n1)C(CC1CC1)NCC2. The van der Waals surface area contributed by atoms with Gasteiger partial charge in [-0.25, -0.2) is 4.98 Å². The average molecular weight is 392 g/mol. The molecule has 1 aliphatic carbocycles. The Kier molecular flexibility index (Phi) is 4.99. The molecule has 0 radical (unpaired) electrons. The molecule has 2 aliphatic rings. The number of aromatic nitrogens is 3. The van der Waals surface area contributed by atoms with Crippen molar-refractivity contribution >= 4 is 0 Å². The minimum absolute atomic E-state index is 0.157. The van der Waals surface area contributed by atoms with Gasteiger partial charge in [0.15, 0.2) is 0 Å². The molecule has 28 heavy (non-hydrogen) atoms. The van der Waals surface area contributed by atoms with Crippen LogP contribution in [-0.4, -0.2) is 21.5 Å². The topological polar surface area (TPSA) is 59.9 Å². The maximum absolute atomic E-state index is 12.7. The highest BCUT2D eigenvalue weighted by atomic mass is 19.4. The lowest BCUT2D eigenvalue weighted by molar-refractivity contribution is -0.141. The second-order valence-electron chi connectivity index (χ2n) is 7.61. The van der Waals surface area contributed by atoms with Gasteiger partial charge in [0, 0.05) is 30.8 Å². The zero-order valence-corrected chi connectivity index (χ0v) is 15.9. The molecule has 0 bridgehead atoms. The van der Waals surface area contributed by atoms with Gasteiger partial charge in [-0.3, -0.25) is 4.98 Å². The zero-order valence-electron chi connectivity index (χ0n) is 15.9. The fourth-order valence-electron chi connectivity index (χ4n) is 3.65. The van der Waals surface area contributed by atoms with Gasteiger partial charge < -0.3 is 10.1 Å². The summed E-state index contributed by atoms with van der Waals surface area (Å²) in [4.78, 5) is 12.6. The van der Waals surface area contributed by atoms with Crippen molar-refractivity contribution in [2.24, 2.45) is 5.92 Å². The molecule has 8 heteroatoms. The number of nitrogens with zero attached hydrogens (tertiary/aromatic N) is 3. The highest BCUT2D eigenvalue weighted by molar-refractivity contribution is 5.37. The quantitative estimate of drug-likeness (QED) is 0.821. The van der Waals surface area contributed by atoms with Gasteiger partial charge in [0.25, 0.3) is 0 Å². The van der Waals surface area contributed by atoms with Crippen molar-refractivity contribution in [3.05, 3.63) is 46.7 Å². The summed E-state index contributed by atoms with van der Waals surface area (Å²) in [6.07, 6.45) is 0.643.